The highest BCUT2D eigenvalue weighted by Gasteiger charge is 2.13. The van der Waals surface area contributed by atoms with Gasteiger partial charge in [-0.25, -0.2) is 0 Å². The molecule has 0 atom stereocenters. The molecule has 0 radical (unpaired) electrons. The Bertz CT molecular complexity index is 1170. The van der Waals surface area contributed by atoms with E-state index in [2.05, 4.69) is 67.8 Å². The third-order valence-corrected chi connectivity index (χ3v) is 5.13. The maximum atomic E-state index is 10.6. The first kappa shape index (κ1) is 17.1. The Hall–Kier alpha value is -3.32. The quantitative estimate of drug-likeness (QED) is 0.526. The molecule has 0 bridgehead atoms. The second-order valence-electron chi connectivity index (χ2n) is 6.81. The number of benzene rings is 3. The summed E-state index contributed by atoms with van der Waals surface area (Å²) >= 11 is 0. The van der Waals surface area contributed by atoms with E-state index in [4.69, 9.17) is 0 Å². The van der Waals surface area contributed by atoms with Crippen molar-refractivity contribution in [3.8, 4) is 16.9 Å². The summed E-state index contributed by atoms with van der Waals surface area (Å²) in [6, 6.07) is 18.5. The topological polar surface area (TPSA) is 20.2 Å². The lowest BCUT2D eigenvalue weighted by Gasteiger charge is -2.12. The van der Waals surface area contributed by atoms with Crippen molar-refractivity contribution >= 4 is 12.2 Å². The van der Waals surface area contributed by atoms with Crippen molar-refractivity contribution in [1.29, 1.82) is 0 Å². The van der Waals surface area contributed by atoms with Gasteiger partial charge in [-0.15, -0.1) is 13.2 Å². The van der Waals surface area contributed by atoms with Gasteiger partial charge in [-0.3, -0.25) is 0 Å². The molecule has 0 aromatic heterocycles. The van der Waals surface area contributed by atoms with Crippen LogP contribution in [0.15, 0.2) is 79.9 Å². The minimum absolute atomic E-state index is 0.299. The van der Waals surface area contributed by atoms with E-state index in [1.54, 1.807) is 6.07 Å². The standard InChI is InChI=1S/C26H22O/c1-3-8-18-14-15-26(27)25(21(18)9-4-2)17-20-11-7-13-23-22-12-6-5-10-19(22)16-24(20)23/h3-7,10-17,27H,1-2,8-9H2. The first-order valence-corrected chi connectivity index (χ1v) is 9.20. The Morgan fingerprint density at radius 3 is 2.41 bits per heavy atom. The minimum atomic E-state index is 0.299. The highest BCUT2D eigenvalue weighted by Crippen LogP contribution is 2.28. The van der Waals surface area contributed by atoms with Crippen molar-refractivity contribution in [1.82, 2.24) is 0 Å². The summed E-state index contributed by atoms with van der Waals surface area (Å²) in [6.45, 7) is 7.75. The van der Waals surface area contributed by atoms with E-state index in [0.29, 0.717) is 12.2 Å². The molecule has 27 heavy (non-hydrogen) atoms. The van der Waals surface area contributed by atoms with Crippen LogP contribution in [0.5, 0.6) is 5.75 Å². The predicted molar refractivity (Wildman–Crippen MR) is 114 cm³/mol. The predicted octanol–water partition coefficient (Wildman–Crippen LogP) is 4.49. The molecule has 1 nitrogen and oxygen atoms in total. The zero-order valence-electron chi connectivity index (χ0n) is 15.3. The third kappa shape index (κ3) is 3.02. The molecule has 0 heterocycles. The van der Waals surface area contributed by atoms with E-state index < -0.39 is 0 Å². The number of hydrogen-bond donors (Lipinski definition) is 1. The van der Waals surface area contributed by atoms with Gasteiger partial charge in [0.05, 0.1) is 0 Å². The fourth-order valence-electron chi connectivity index (χ4n) is 3.87. The lowest BCUT2D eigenvalue weighted by molar-refractivity contribution is 0.473. The molecule has 1 aliphatic carbocycles. The molecular formula is C26H22O. The van der Waals surface area contributed by atoms with E-state index in [0.717, 1.165) is 22.8 Å². The first-order chi connectivity index (χ1) is 13.2. The lowest BCUT2D eigenvalue weighted by atomic mass is 9.94. The van der Waals surface area contributed by atoms with E-state index in [9.17, 15) is 5.11 Å². The van der Waals surface area contributed by atoms with Gasteiger partial charge in [0.15, 0.2) is 0 Å². The average Bonchev–Trinajstić information content (AvgIpc) is 3.06. The molecule has 0 amide bonds. The SMILES string of the molecule is C=CCc1ccc(O)c(C=c2cccc3c2=Cc2ccccc2-3)c1CC=C. The van der Waals surface area contributed by atoms with Gasteiger partial charge >= 0.3 is 0 Å². The number of aromatic hydroxyl groups is 1. The highest BCUT2D eigenvalue weighted by atomic mass is 16.3. The van der Waals surface area contributed by atoms with Gasteiger partial charge in [-0.2, -0.15) is 0 Å². The zero-order valence-corrected chi connectivity index (χ0v) is 15.3. The van der Waals surface area contributed by atoms with Gasteiger partial charge in [-0.1, -0.05) is 60.7 Å². The van der Waals surface area contributed by atoms with E-state index >= 15 is 0 Å². The maximum Gasteiger partial charge on any atom is 0.123 e. The summed E-state index contributed by atoms with van der Waals surface area (Å²) in [5, 5.41) is 12.9. The van der Waals surface area contributed by atoms with Gasteiger partial charge in [0.25, 0.3) is 0 Å². The summed E-state index contributed by atoms with van der Waals surface area (Å²) in [4.78, 5) is 0. The molecular weight excluding hydrogens is 328 g/mol. The fraction of sp³-hybridized carbons (Fsp3) is 0.0769. The van der Waals surface area contributed by atoms with Gasteiger partial charge in [0, 0.05) is 5.56 Å². The van der Waals surface area contributed by atoms with Gasteiger partial charge < -0.3 is 5.11 Å². The Morgan fingerprint density at radius 1 is 0.815 bits per heavy atom. The number of allylic oxidation sites excluding steroid dienone is 2. The molecule has 0 fully saturated rings. The molecule has 0 spiro atoms. The largest absolute Gasteiger partial charge is 0.507 e. The molecule has 3 aromatic carbocycles. The van der Waals surface area contributed by atoms with E-state index in [1.165, 1.54) is 27.5 Å². The summed E-state index contributed by atoms with van der Waals surface area (Å²) in [5.41, 5.74) is 6.90. The number of phenolic OH excluding ortho intramolecular Hbond substituents is 1. The molecule has 1 heteroatoms. The lowest BCUT2D eigenvalue weighted by Crippen LogP contribution is -2.24. The molecule has 1 aliphatic rings. The molecule has 132 valence electrons. The molecule has 1 N–H and O–H groups in total. The van der Waals surface area contributed by atoms with Gasteiger partial charge in [0.1, 0.15) is 5.75 Å². The van der Waals surface area contributed by atoms with E-state index in [1.807, 2.05) is 18.2 Å². The Balaban J connectivity index is 1.98. The van der Waals surface area contributed by atoms with Crippen molar-refractivity contribution in [2.24, 2.45) is 0 Å². The van der Waals surface area contributed by atoms with Gasteiger partial charge in [0.2, 0.25) is 0 Å². The van der Waals surface area contributed by atoms with Crippen LogP contribution in [0.4, 0.5) is 0 Å². The number of phenols is 1. The van der Waals surface area contributed by atoms with Crippen LogP contribution in [0.1, 0.15) is 22.3 Å². The number of rotatable bonds is 5. The normalized spacial score (nSPS) is 12.2. The third-order valence-electron chi connectivity index (χ3n) is 5.13. The fourth-order valence-corrected chi connectivity index (χ4v) is 3.87. The van der Waals surface area contributed by atoms with Crippen LogP contribution in [0, 0.1) is 0 Å². The maximum absolute atomic E-state index is 10.6. The monoisotopic (exact) mass is 350 g/mol. The summed E-state index contributed by atoms with van der Waals surface area (Å²) < 4.78 is 0. The van der Waals surface area contributed by atoms with Crippen molar-refractivity contribution in [3.63, 3.8) is 0 Å². The Labute approximate surface area is 159 Å². The van der Waals surface area contributed by atoms with Crippen LogP contribution in [0.2, 0.25) is 0 Å². The minimum Gasteiger partial charge on any atom is -0.507 e. The van der Waals surface area contributed by atoms with Crippen LogP contribution in [0.25, 0.3) is 23.3 Å². The highest BCUT2D eigenvalue weighted by molar-refractivity contribution is 5.83. The van der Waals surface area contributed by atoms with Gasteiger partial charge in [-0.05, 0) is 69.3 Å². The van der Waals surface area contributed by atoms with Crippen molar-refractivity contribution < 1.29 is 5.11 Å². The van der Waals surface area contributed by atoms with E-state index in [-0.39, 0.29) is 0 Å². The average molecular weight is 350 g/mol. The molecule has 4 rings (SSSR count). The Kier molecular flexibility index (Phi) is 4.52. The summed E-state index contributed by atoms with van der Waals surface area (Å²) in [7, 11) is 0. The number of fused-ring (bicyclic) bond motifs is 3. The summed E-state index contributed by atoms with van der Waals surface area (Å²) in [6.07, 6.45) is 9.59. The Morgan fingerprint density at radius 2 is 1.59 bits per heavy atom. The van der Waals surface area contributed by atoms with Crippen LogP contribution in [0.3, 0.4) is 0 Å². The molecule has 3 aromatic rings. The molecule has 0 aliphatic heterocycles. The zero-order chi connectivity index (χ0) is 18.8. The molecule has 0 saturated heterocycles. The first-order valence-electron chi connectivity index (χ1n) is 9.20. The van der Waals surface area contributed by atoms with Crippen LogP contribution in [-0.2, 0) is 12.8 Å². The van der Waals surface area contributed by atoms with Crippen molar-refractivity contribution in [2.45, 2.75) is 12.8 Å². The summed E-state index contributed by atoms with van der Waals surface area (Å²) in [5.74, 6) is 0.299. The van der Waals surface area contributed by atoms with Crippen LogP contribution < -0.4 is 10.4 Å². The van der Waals surface area contributed by atoms with Crippen molar-refractivity contribution in [2.75, 3.05) is 0 Å². The van der Waals surface area contributed by atoms with Crippen LogP contribution in [-0.4, -0.2) is 5.11 Å². The molecule has 0 unspecified atom stereocenters. The second-order valence-corrected chi connectivity index (χ2v) is 6.81. The number of hydrogen-bond acceptors (Lipinski definition) is 1. The smallest absolute Gasteiger partial charge is 0.123 e. The second kappa shape index (κ2) is 7.13. The molecule has 0 saturated carbocycles. The van der Waals surface area contributed by atoms with Crippen LogP contribution >= 0.6 is 0 Å². The van der Waals surface area contributed by atoms with Crippen molar-refractivity contribution in [3.05, 3.63) is 113 Å².